The Labute approximate surface area is 158 Å². The Morgan fingerprint density at radius 2 is 1.81 bits per heavy atom. The average molecular weight is 356 g/mol. The summed E-state index contributed by atoms with van der Waals surface area (Å²) in [6.07, 6.45) is 4.19. The van der Waals surface area contributed by atoms with Crippen molar-refractivity contribution in [3.8, 4) is 0 Å². The minimum Gasteiger partial charge on any atom is -0.356 e. The van der Waals surface area contributed by atoms with Gasteiger partial charge in [0.25, 0.3) is 0 Å². The van der Waals surface area contributed by atoms with E-state index in [1.54, 1.807) is 0 Å². The third kappa shape index (κ3) is 4.57. The van der Waals surface area contributed by atoms with Crippen LogP contribution in [0.15, 0.2) is 35.3 Å². The van der Waals surface area contributed by atoms with Gasteiger partial charge in [0.15, 0.2) is 5.96 Å². The Morgan fingerprint density at radius 3 is 2.50 bits per heavy atom. The molecule has 0 bridgehead atoms. The lowest BCUT2D eigenvalue weighted by molar-refractivity contribution is 0.172. The van der Waals surface area contributed by atoms with Crippen LogP contribution in [-0.4, -0.2) is 79.6 Å². The SMILES string of the molecule is CN=C(NCC1CCN(C2CC2)C1)N1CCN(Cc2ccccc2)CC1. The molecule has 2 saturated heterocycles. The van der Waals surface area contributed by atoms with Crippen LogP contribution in [0.1, 0.15) is 24.8 Å². The molecule has 5 nitrogen and oxygen atoms in total. The third-order valence-electron chi connectivity index (χ3n) is 6.06. The van der Waals surface area contributed by atoms with E-state index in [1.807, 2.05) is 7.05 Å². The topological polar surface area (TPSA) is 34.1 Å². The number of likely N-dealkylation sites (tertiary alicyclic amines) is 1. The van der Waals surface area contributed by atoms with E-state index in [9.17, 15) is 0 Å². The normalized spacial score (nSPS) is 25.7. The van der Waals surface area contributed by atoms with Gasteiger partial charge in [-0.3, -0.25) is 9.89 Å². The second kappa shape index (κ2) is 8.40. The fraction of sp³-hybridized carbons (Fsp3) is 0.667. The van der Waals surface area contributed by atoms with Gasteiger partial charge in [-0.1, -0.05) is 30.3 Å². The summed E-state index contributed by atoms with van der Waals surface area (Å²) >= 11 is 0. The maximum atomic E-state index is 4.55. The Bertz CT molecular complexity index is 590. The summed E-state index contributed by atoms with van der Waals surface area (Å²) in [6, 6.07) is 11.7. The monoisotopic (exact) mass is 355 g/mol. The molecule has 1 aliphatic carbocycles. The van der Waals surface area contributed by atoms with E-state index in [2.05, 4.69) is 55.3 Å². The second-order valence-corrected chi connectivity index (χ2v) is 8.06. The van der Waals surface area contributed by atoms with Crippen molar-refractivity contribution in [3.05, 3.63) is 35.9 Å². The van der Waals surface area contributed by atoms with E-state index in [1.165, 1.54) is 37.9 Å². The van der Waals surface area contributed by atoms with Crippen molar-refractivity contribution < 1.29 is 0 Å². The van der Waals surface area contributed by atoms with Crippen LogP contribution in [0.25, 0.3) is 0 Å². The molecular formula is C21H33N5. The van der Waals surface area contributed by atoms with Crippen LogP contribution in [-0.2, 0) is 6.54 Å². The first-order valence-corrected chi connectivity index (χ1v) is 10.3. The molecule has 5 heteroatoms. The van der Waals surface area contributed by atoms with E-state index < -0.39 is 0 Å². The average Bonchev–Trinajstić information content (AvgIpc) is 3.43. The fourth-order valence-electron chi connectivity index (χ4n) is 4.33. The van der Waals surface area contributed by atoms with E-state index in [-0.39, 0.29) is 0 Å². The van der Waals surface area contributed by atoms with Crippen LogP contribution in [0.2, 0.25) is 0 Å². The van der Waals surface area contributed by atoms with Gasteiger partial charge < -0.3 is 15.1 Å². The van der Waals surface area contributed by atoms with Crippen molar-refractivity contribution in [3.63, 3.8) is 0 Å². The van der Waals surface area contributed by atoms with Crippen molar-refractivity contribution in [2.45, 2.75) is 31.8 Å². The molecule has 1 atom stereocenters. The number of nitrogens with one attached hydrogen (secondary N) is 1. The first-order valence-electron chi connectivity index (χ1n) is 10.3. The number of rotatable bonds is 5. The molecule has 1 N–H and O–H groups in total. The van der Waals surface area contributed by atoms with Gasteiger partial charge in [-0.25, -0.2) is 0 Å². The zero-order valence-electron chi connectivity index (χ0n) is 16.1. The van der Waals surface area contributed by atoms with Gasteiger partial charge in [0.05, 0.1) is 0 Å². The molecule has 0 spiro atoms. The molecule has 3 aliphatic rings. The summed E-state index contributed by atoms with van der Waals surface area (Å²) in [5.41, 5.74) is 1.41. The van der Waals surface area contributed by atoms with E-state index in [4.69, 9.17) is 0 Å². The van der Waals surface area contributed by atoms with Gasteiger partial charge in [-0.05, 0) is 37.3 Å². The largest absolute Gasteiger partial charge is 0.356 e. The lowest BCUT2D eigenvalue weighted by atomic mass is 10.1. The minimum absolute atomic E-state index is 0.784. The Morgan fingerprint density at radius 1 is 1.04 bits per heavy atom. The highest BCUT2D eigenvalue weighted by Gasteiger charge is 2.34. The van der Waals surface area contributed by atoms with Crippen LogP contribution >= 0.6 is 0 Å². The smallest absolute Gasteiger partial charge is 0.193 e. The lowest BCUT2D eigenvalue weighted by Crippen LogP contribution is -2.52. The highest BCUT2D eigenvalue weighted by Crippen LogP contribution is 2.31. The number of hydrogen-bond donors (Lipinski definition) is 1. The van der Waals surface area contributed by atoms with Crippen LogP contribution in [0.5, 0.6) is 0 Å². The van der Waals surface area contributed by atoms with Gasteiger partial charge in [0.1, 0.15) is 0 Å². The van der Waals surface area contributed by atoms with E-state index >= 15 is 0 Å². The molecule has 0 radical (unpaired) electrons. The highest BCUT2D eigenvalue weighted by atomic mass is 15.3. The number of guanidine groups is 1. The molecule has 142 valence electrons. The lowest BCUT2D eigenvalue weighted by Gasteiger charge is -2.36. The van der Waals surface area contributed by atoms with Gasteiger partial charge in [0.2, 0.25) is 0 Å². The predicted molar refractivity (Wildman–Crippen MR) is 107 cm³/mol. The molecule has 3 fully saturated rings. The van der Waals surface area contributed by atoms with Crippen molar-refractivity contribution in [2.24, 2.45) is 10.9 Å². The summed E-state index contributed by atoms with van der Waals surface area (Å²) < 4.78 is 0. The van der Waals surface area contributed by atoms with E-state index in [0.717, 1.165) is 57.2 Å². The fourth-order valence-corrected chi connectivity index (χ4v) is 4.33. The van der Waals surface area contributed by atoms with Gasteiger partial charge >= 0.3 is 0 Å². The third-order valence-corrected chi connectivity index (χ3v) is 6.06. The molecule has 0 aromatic heterocycles. The quantitative estimate of drug-likeness (QED) is 0.646. The molecule has 2 aliphatic heterocycles. The van der Waals surface area contributed by atoms with Gasteiger partial charge in [-0.2, -0.15) is 0 Å². The maximum absolute atomic E-state index is 4.55. The molecule has 1 aromatic carbocycles. The van der Waals surface area contributed by atoms with Crippen LogP contribution in [0.3, 0.4) is 0 Å². The molecule has 1 aromatic rings. The molecule has 2 heterocycles. The molecule has 0 amide bonds. The molecule has 1 unspecified atom stereocenters. The zero-order valence-corrected chi connectivity index (χ0v) is 16.1. The zero-order chi connectivity index (χ0) is 17.8. The number of benzene rings is 1. The maximum Gasteiger partial charge on any atom is 0.193 e. The Hall–Kier alpha value is -1.59. The number of piperazine rings is 1. The van der Waals surface area contributed by atoms with Crippen LogP contribution in [0.4, 0.5) is 0 Å². The van der Waals surface area contributed by atoms with E-state index in [0.29, 0.717) is 0 Å². The molecule has 1 saturated carbocycles. The van der Waals surface area contributed by atoms with Crippen molar-refractivity contribution in [2.75, 3.05) is 52.9 Å². The van der Waals surface area contributed by atoms with Crippen molar-refractivity contribution >= 4 is 5.96 Å². The first kappa shape index (κ1) is 17.8. The second-order valence-electron chi connectivity index (χ2n) is 8.06. The summed E-state index contributed by atoms with van der Waals surface area (Å²) in [4.78, 5) is 12.2. The highest BCUT2D eigenvalue weighted by molar-refractivity contribution is 5.80. The Kier molecular flexibility index (Phi) is 5.75. The standard InChI is InChI=1S/C21H33N5/c1-22-21(23-15-19-9-10-26(17-19)20-7-8-20)25-13-11-24(12-14-25)16-18-5-3-2-4-6-18/h2-6,19-20H,7-17H2,1H3,(H,22,23). The summed E-state index contributed by atoms with van der Waals surface area (Å²) in [6.45, 7) is 9.03. The summed E-state index contributed by atoms with van der Waals surface area (Å²) in [5.74, 6) is 1.88. The first-order chi connectivity index (χ1) is 12.8. The number of hydrogen-bond acceptors (Lipinski definition) is 3. The molecular weight excluding hydrogens is 322 g/mol. The van der Waals surface area contributed by atoms with Gasteiger partial charge in [-0.15, -0.1) is 0 Å². The summed E-state index contributed by atoms with van der Waals surface area (Å²) in [7, 11) is 1.92. The molecule has 26 heavy (non-hydrogen) atoms. The van der Waals surface area contributed by atoms with Gasteiger partial charge in [0, 0.05) is 58.9 Å². The van der Waals surface area contributed by atoms with Crippen LogP contribution < -0.4 is 5.32 Å². The van der Waals surface area contributed by atoms with Crippen molar-refractivity contribution in [1.82, 2.24) is 20.0 Å². The van der Waals surface area contributed by atoms with Crippen LogP contribution in [0, 0.1) is 5.92 Å². The predicted octanol–water partition coefficient (Wildman–Crippen LogP) is 1.86. The summed E-state index contributed by atoms with van der Waals surface area (Å²) in [5, 5.41) is 3.66. The van der Waals surface area contributed by atoms with Crippen molar-refractivity contribution in [1.29, 1.82) is 0 Å². The minimum atomic E-state index is 0.784. The number of aliphatic imine (C=N–C) groups is 1. The molecule has 4 rings (SSSR count). The number of nitrogens with zero attached hydrogens (tertiary/aromatic N) is 4. The Balaban J connectivity index is 1.20.